The molecule has 120 valence electrons. The Kier molecular flexibility index (Phi) is 6.67. The maximum atomic E-state index is 12.0. The van der Waals surface area contributed by atoms with Crippen LogP contribution in [0.2, 0.25) is 0 Å². The van der Waals surface area contributed by atoms with Gasteiger partial charge in [-0.1, -0.05) is 40.2 Å². The van der Waals surface area contributed by atoms with Crippen LogP contribution in [-0.4, -0.2) is 30.3 Å². The van der Waals surface area contributed by atoms with Crippen LogP contribution < -0.4 is 10.1 Å². The fourth-order valence-electron chi connectivity index (χ4n) is 1.89. The van der Waals surface area contributed by atoms with Gasteiger partial charge in [-0.25, -0.2) is 0 Å². The molecule has 0 heterocycles. The summed E-state index contributed by atoms with van der Waals surface area (Å²) >= 11 is 4.62. The summed E-state index contributed by atoms with van der Waals surface area (Å²) in [6, 6.07) is 14.4. The minimum absolute atomic E-state index is 0.00703. The van der Waals surface area contributed by atoms with Crippen LogP contribution in [-0.2, 0) is 4.79 Å². The molecule has 2 rings (SSSR count). The first kappa shape index (κ1) is 17.6. The van der Waals surface area contributed by atoms with Gasteiger partial charge in [-0.05, 0) is 24.3 Å². The van der Waals surface area contributed by atoms with Crippen LogP contribution in [0.3, 0.4) is 0 Å². The fraction of sp³-hybridized carbons (Fsp3) is 0.176. The molecule has 1 amide bonds. The van der Waals surface area contributed by atoms with E-state index in [0.29, 0.717) is 17.0 Å². The van der Waals surface area contributed by atoms with Gasteiger partial charge < -0.3 is 10.1 Å². The summed E-state index contributed by atoms with van der Waals surface area (Å²) in [6.45, 7) is 0. The smallest absolute Gasteiger partial charge is 0.234 e. The number of methoxy groups -OCH3 is 1. The molecule has 2 aromatic rings. The lowest BCUT2D eigenvalue weighted by molar-refractivity contribution is -0.113. The van der Waals surface area contributed by atoms with Gasteiger partial charge in [-0.2, -0.15) is 0 Å². The lowest BCUT2D eigenvalue weighted by atomic mass is 10.2. The number of halogens is 1. The van der Waals surface area contributed by atoms with Crippen molar-refractivity contribution in [2.75, 3.05) is 23.9 Å². The summed E-state index contributed by atoms with van der Waals surface area (Å²) in [5.41, 5.74) is 1.27. The van der Waals surface area contributed by atoms with Gasteiger partial charge in [0.05, 0.1) is 24.3 Å². The molecule has 0 spiro atoms. The van der Waals surface area contributed by atoms with E-state index in [2.05, 4.69) is 21.2 Å². The molecule has 0 fully saturated rings. The Morgan fingerprint density at radius 1 is 1.09 bits per heavy atom. The molecule has 0 unspecified atom stereocenters. The van der Waals surface area contributed by atoms with E-state index in [1.165, 1.54) is 11.8 Å². The number of rotatable bonds is 7. The number of hydrogen-bond acceptors (Lipinski definition) is 4. The normalized spacial score (nSPS) is 10.2. The van der Waals surface area contributed by atoms with E-state index in [4.69, 9.17) is 4.74 Å². The second kappa shape index (κ2) is 8.74. The first-order valence-corrected chi connectivity index (χ1v) is 8.84. The molecule has 0 aliphatic rings. The third-order valence-corrected chi connectivity index (χ3v) is 4.47. The number of Topliss-reactive ketones (excluding diaryl/α,β-unsaturated/α-hetero) is 1. The molecule has 23 heavy (non-hydrogen) atoms. The number of ketones is 1. The SMILES string of the molecule is COc1ccccc1NC(=O)CSCC(=O)c1ccc(Br)cc1. The van der Waals surface area contributed by atoms with Gasteiger partial charge in [0.25, 0.3) is 0 Å². The number of amides is 1. The van der Waals surface area contributed by atoms with Crippen molar-refractivity contribution >= 4 is 45.1 Å². The molecule has 0 aliphatic heterocycles. The number of thioether (sulfide) groups is 1. The van der Waals surface area contributed by atoms with Crippen LogP contribution in [0.15, 0.2) is 53.0 Å². The number of hydrogen-bond donors (Lipinski definition) is 1. The lowest BCUT2D eigenvalue weighted by Gasteiger charge is -2.09. The maximum absolute atomic E-state index is 12.0. The number of ether oxygens (including phenoxy) is 1. The van der Waals surface area contributed by atoms with E-state index >= 15 is 0 Å². The molecule has 6 heteroatoms. The molecule has 0 aromatic heterocycles. The van der Waals surface area contributed by atoms with Crippen molar-refractivity contribution in [3.05, 3.63) is 58.6 Å². The zero-order chi connectivity index (χ0) is 16.7. The summed E-state index contributed by atoms with van der Waals surface area (Å²) < 4.78 is 6.11. The van der Waals surface area contributed by atoms with Crippen LogP contribution in [0.1, 0.15) is 10.4 Å². The van der Waals surface area contributed by atoms with Crippen LogP contribution in [0.5, 0.6) is 5.75 Å². The molecule has 0 atom stereocenters. The van der Waals surface area contributed by atoms with Crippen molar-refractivity contribution < 1.29 is 14.3 Å². The molecule has 4 nitrogen and oxygen atoms in total. The third-order valence-electron chi connectivity index (χ3n) is 3.01. The quantitative estimate of drug-likeness (QED) is 0.721. The van der Waals surface area contributed by atoms with Crippen molar-refractivity contribution in [1.29, 1.82) is 0 Å². The first-order chi connectivity index (χ1) is 11.1. The number of carbonyl (C=O) groups is 2. The van der Waals surface area contributed by atoms with Crippen molar-refractivity contribution in [2.45, 2.75) is 0 Å². The molecule has 2 aromatic carbocycles. The number of anilines is 1. The Labute approximate surface area is 147 Å². The lowest BCUT2D eigenvalue weighted by Crippen LogP contribution is -2.16. The highest BCUT2D eigenvalue weighted by Crippen LogP contribution is 2.23. The van der Waals surface area contributed by atoms with E-state index in [9.17, 15) is 9.59 Å². The second-order valence-electron chi connectivity index (χ2n) is 4.67. The molecular formula is C17H16BrNO3S. The summed E-state index contributed by atoms with van der Waals surface area (Å²) in [6.07, 6.45) is 0. The van der Waals surface area contributed by atoms with Gasteiger partial charge >= 0.3 is 0 Å². The Hall–Kier alpha value is -1.79. The van der Waals surface area contributed by atoms with Gasteiger partial charge in [-0.15, -0.1) is 11.8 Å². The summed E-state index contributed by atoms with van der Waals surface area (Å²) in [7, 11) is 1.55. The predicted octanol–water partition coefficient (Wildman–Crippen LogP) is 4.01. The van der Waals surface area contributed by atoms with Crippen LogP contribution >= 0.6 is 27.7 Å². The minimum atomic E-state index is -0.164. The van der Waals surface area contributed by atoms with E-state index in [1.807, 2.05) is 24.3 Å². The van der Waals surface area contributed by atoms with Crippen molar-refractivity contribution in [3.63, 3.8) is 0 Å². The van der Waals surface area contributed by atoms with Crippen molar-refractivity contribution in [1.82, 2.24) is 0 Å². The number of para-hydroxylation sites is 2. The Bertz CT molecular complexity index is 688. The fourth-order valence-corrected chi connectivity index (χ4v) is 2.87. The molecule has 0 saturated carbocycles. The topological polar surface area (TPSA) is 55.4 Å². The van der Waals surface area contributed by atoms with Gasteiger partial charge in [0.15, 0.2) is 5.78 Å². The average Bonchev–Trinajstić information content (AvgIpc) is 2.56. The van der Waals surface area contributed by atoms with E-state index in [-0.39, 0.29) is 23.2 Å². The van der Waals surface area contributed by atoms with Gasteiger partial charge in [0.2, 0.25) is 5.91 Å². The highest BCUT2D eigenvalue weighted by molar-refractivity contribution is 9.10. The van der Waals surface area contributed by atoms with Crippen LogP contribution in [0, 0.1) is 0 Å². The predicted molar refractivity (Wildman–Crippen MR) is 97.4 cm³/mol. The Morgan fingerprint density at radius 3 is 2.48 bits per heavy atom. The highest BCUT2D eigenvalue weighted by Gasteiger charge is 2.10. The molecule has 0 radical (unpaired) electrons. The standard InChI is InChI=1S/C17H16BrNO3S/c1-22-16-5-3-2-4-14(16)19-17(21)11-23-10-15(20)12-6-8-13(18)9-7-12/h2-9H,10-11H2,1H3,(H,19,21). The van der Waals surface area contributed by atoms with Gasteiger partial charge in [-0.3, -0.25) is 9.59 Å². The van der Waals surface area contributed by atoms with Crippen molar-refractivity contribution in [3.8, 4) is 5.75 Å². The molecule has 0 bridgehead atoms. The van der Waals surface area contributed by atoms with Gasteiger partial charge in [0.1, 0.15) is 5.75 Å². The summed E-state index contributed by atoms with van der Waals surface area (Å²) in [5, 5.41) is 2.78. The van der Waals surface area contributed by atoms with Crippen LogP contribution in [0.4, 0.5) is 5.69 Å². The number of carbonyl (C=O) groups excluding carboxylic acids is 2. The highest BCUT2D eigenvalue weighted by atomic mass is 79.9. The van der Waals surface area contributed by atoms with Crippen LogP contribution in [0.25, 0.3) is 0 Å². The number of nitrogens with one attached hydrogen (secondary N) is 1. The summed E-state index contributed by atoms with van der Waals surface area (Å²) in [4.78, 5) is 23.9. The van der Waals surface area contributed by atoms with Crippen molar-refractivity contribution in [2.24, 2.45) is 0 Å². The molecule has 0 aliphatic carbocycles. The maximum Gasteiger partial charge on any atom is 0.234 e. The average molecular weight is 394 g/mol. The third kappa shape index (κ3) is 5.41. The monoisotopic (exact) mass is 393 g/mol. The second-order valence-corrected chi connectivity index (χ2v) is 6.57. The zero-order valence-electron chi connectivity index (χ0n) is 12.5. The first-order valence-electron chi connectivity index (χ1n) is 6.89. The molecule has 0 saturated heterocycles. The van der Waals surface area contributed by atoms with E-state index < -0.39 is 0 Å². The van der Waals surface area contributed by atoms with Gasteiger partial charge in [0, 0.05) is 10.0 Å². The minimum Gasteiger partial charge on any atom is -0.495 e. The largest absolute Gasteiger partial charge is 0.495 e. The molecular weight excluding hydrogens is 378 g/mol. The Balaban J connectivity index is 1.80. The summed E-state index contributed by atoms with van der Waals surface area (Å²) in [5.74, 6) is 0.925. The van der Waals surface area contributed by atoms with E-state index in [1.54, 1.807) is 31.4 Å². The zero-order valence-corrected chi connectivity index (χ0v) is 14.9. The Morgan fingerprint density at radius 2 is 1.78 bits per heavy atom. The van der Waals surface area contributed by atoms with E-state index in [0.717, 1.165) is 4.47 Å². The number of benzene rings is 2. The molecule has 1 N–H and O–H groups in total.